The highest BCUT2D eigenvalue weighted by atomic mass is 32.2. The fraction of sp³-hybridized carbons (Fsp3) is 0.259. The van der Waals surface area contributed by atoms with Crippen LogP contribution in [0.5, 0.6) is 5.75 Å². The van der Waals surface area contributed by atoms with E-state index >= 15 is 0 Å². The number of hydrogen-bond acceptors (Lipinski definition) is 10. The monoisotopic (exact) mass is 945 g/mol. The van der Waals surface area contributed by atoms with Crippen molar-refractivity contribution in [2.45, 2.75) is 95.5 Å². The molecule has 0 unspecified atom stereocenters. The lowest BCUT2D eigenvalue weighted by atomic mass is 9.77. The number of nitrogens with zero attached hydrogens (tertiary/aromatic N) is 3. The third-order valence-electron chi connectivity index (χ3n) is 13.1. The number of benzene rings is 4. The second-order valence-corrected chi connectivity index (χ2v) is 19.9. The molecule has 1 radical (unpaired) electrons. The van der Waals surface area contributed by atoms with Gasteiger partial charge in [-0.05, 0) is 98.8 Å². The van der Waals surface area contributed by atoms with Gasteiger partial charge in [0.2, 0.25) is 5.69 Å². The molecule has 2 aliphatic rings. The first-order chi connectivity index (χ1) is 32.8. The summed E-state index contributed by atoms with van der Waals surface area (Å²) in [6.45, 7) is 14.3. The Kier molecular flexibility index (Phi) is 15.4. The molecule has 12 nitrogen and oxygen atoms in total. The Morgan fingerprint density at radius 2 is 1.57 bits per heavy atom. The molecule has 4 aromatic carbocycles. The first-order valence-corrected chi connectivity index (χ1v) is 24.3. The van der Waals surface area contributed by atoms with Crippen LogP contribution in [0.4, 0.5) is 11.4 Å². The molecule has 353 valence electrons. The standard InChI is InChI=1S/C54H56B2N3O9S/c1-36(2)48(60)21-8-7-9-22-49(61)38-24-28-45(57-33-38)37(25-30-51-53(3,4)42-18-12-14-20-46(42)58(51)34-39-16-10-13-19-44(39)56(63)64)26-31-52-54(5,6)43-32-41(69(65,66)67)27-29-47(43)59(52)35-40-17-11-15-23-50(40)68-55-62/h10-20,23-33,62-64H,1,7-9,21-22,34-35H2,2-6H3/p+1. The Labute approximate surface area is 405 Å². The van der Waals surface area contributed by atoms with E-state index in [1.165, 1.54) is 12.1 Å². The molecule has 5 aromatic rings. The predicted molar refractivity (Wildman–Crippen MR) is 272 cm³/mol. The van der Waals surface area contributed by atoms with Crippen molar-refractivity contribution >= 4 is 64.6 Å². The quantitative estimate of drug-likeness (QED) is 0.0112. The van der Waals surface area contributed by atoms with Crippen molar-refractivity contribution in [3.05, 3.63) is 185 Å². The van der Waals surface area contributed by atoms with Gasteiger partial charge in [-0.25, -0.2) is 0 Å². The highest BCUT2D eigenvalue weighted by Crippen LogP contribution is 2.50. The number of Topliss-reactive ketones (excluding diaryl/α,β-unsaturated/α-hetero) is 2. The van der Waals surface area contributed by atoms with E-state index in [9.17, 15) is 37.6 Å². The van der Waals surface area contributed by atoms with Crippen LogP contribution >= 0.6 is 0 Å². The van der Waals surface area contributed by atoms with Gasteiger partial charge in [0.15, 0.2) is 23.8 Å². The number of rotatable bonds is 20. The van der Waals surface area contributed by atoms with Gasteiger partial charge in [0, 0.05) is 75.8 Å². The molecule has 1 aromatic heterocycles. The summed E-state index contributed by atoms with van der Waals surface area (Å²) in [5.74, 6) is 0.404. The average molecular weight is 946 g/mol. The van der Waals surface area contributed by atoms with Crippen LogP contribution in [0.25, 0.3) is 5.57 Å². The number of aromatic nitrogens is 1. The van der Waals surface area contributed by atoms with Gasteiger partial charge >= 0.3 is 14.8 Å². The van der Waals surface area contributed by atoms with E-state index in [0.717, 1.165) is 40.2 Å². The van der Waals surface area contributed by atoms with E-state index in [4.69, 9.17) is 9.64 Å². The number of ketones is 2. The fourth-order valence-electron chi connectivity index (χ4n) is 9.27. The number of para-hydroxylation sites is 2. The summed E-state index contributed by atoms with van der Waals surface area (Å²) in [6.07, 6.45) is 12.3. The van der Waals surface area contributed by atoms with Crippen LogP contribution in [0.2, 0.25) is 0 Å². The van der Waals surface area contributed by atoms with Crippen LogP contribution in [0.3, 0.4) is 0 Å². The highest BCUT2D eigenvalue weighted by molar-refractivity contribution is 7.85. The molecule has 0 bridgehead atoms. The van der Waals surface area contributed by atoms with Gasteiger partial charge in [-0.15, -0.1) is 0 Å². The van der Waals surface area contributed by atoms with Crippen molar-refractivity contribution in [1.82, 2.24) is 4.98 Å². The first kappa shape index (κ1) is 50.4. The van der Waals surface area contributed by atoms with E-state index < -0.39 is 28.1 Å². The van der Waals surface area contributed by atoms with E-state index in [1.54, 1.807) is 49.5 Å². The van der Waals surface area contributed by atoms with Crippen molar-refractivity contribution < 1.29 is 46.9 Å². The summed E-state index contributed by atoms with van der Waals surface area (Å²) in [5.41, 5.74) is 7.98. The predicted octanol–water partition coefficient (Wildman–Crippen LogP) is 8.29. The first-order valence-electron chi connectivity index (χ1n) is 22.9. The molecular formula is C54H57B2N3O9S+. The van der Waals surface area contributed by atoms with Gasteiger partial charge in [-0.2, -0.15) is 13.0 Å². The molecular weight excluding hydrogens is 888 g/mol. The molecule has 0 amide bonds. The maximum absolute atomic E-state index is 13.4. The van der Waals surface area contributed by atoms with E-state index in [2.05, 4.69) is 37.1 Å². The molecule has 7 rings (SSSR count). The Morgan fingerprint density at radius 1 is 0.870 bits per heavy atom. The topological polar surface area (TPSA) is 178 Å². The smallest absolute Gasteiger partial charge is 0.537 e. The maximum atomic E-state index is 13.4. The maximum Gasteiger partial charge on any atom is 0.569 e. The molecule has 0 saturated carbocycles. The zero-order valence-electron chi connectivity index (χ0n) is 39.6. The lowest BCUT2D eigenvalue weighted by Gasteiger charge is -2.28. The van der Waals surface area contributed by atoms with Crippen LogP contribution in [0.1, 0.15) is 105 Å². The van der Waals surface area contributed by atoms with Crippen molar-refractivity contribution in [3.63, 3.8) is 0 Å². The highest BCUT2D eigenvalue weighted by Gasteiger charge is 2.45. The SMILES string of the molecule is C=C(C)C(=O)CCCCCC(=O)c1ccc(C(C=CC2=[N+](Cc3ccccc3B(O)O)c3ccccc3C2(C)C)=CC=C2N(Cc3ccccc3O[B]O)c3ccc(S(=O)(=O)O)cc3C2(C)C)nc1. The zero-order valence-corrected chi connectivity index (χ0v) is 40.4. The van der Waals surface area contributed by atoms with Crippen LogP contribution in [-0.2, 0) is 38.8 Å². The minimum atomic E-state index is -4.53. The van der Waals surface area contributed by atoms with Gasteiger partial charge in [0.05, 0.1) is 22.5 Å². The van der Waals surface area contributed by atoms with E-state index in [1.807, 2.05) is 85.5 Å². The third-order valence-corrected chi connectivity index (χ3v) is 14.0. The molecule has 2 aliphatic heterocycles. The number of fused-ring (bicyclic) bond motifs is 2. The number of allylic oxidation sites excluding steroid dienone is 7. The largest absolute Gasteiger partial charge is 0.569 e. The molecule has 0 aliphatic carbocycles. The van der Waals surface area contributed by atoms with Crippen LogP contribution in [0, 0.1) is 0 Å². The molecule has 0 fully saturated rings. The van der Waals surface area contributed by atoms with E-state index in [-0.39, 0.29) is 23.0 Å². The van der Waals surface area contributed by atoms with Gasteiger partial charge in [0.25, 0.3) is 10.1 Å². The molecule has 69 heavy (non-hydrogen) atoms. The number of pyridine rings is 1. The second kappa shape index (κ2) is 21.0. The lowest BCUT2D eigenvalue weighted by molar-refractivity contribution is -0.454. The average Bonchev–Trinajstić information content (AvgIpc) is 3.66. The normalized spacial score (nSPS) is 15.6. The number of carbonyl (C=O) groups excluding carboxylic acids is 2. The summed E-state index contributed by atoms with van der Waals surface area (Å²) < 4.78 is 42.6. The van der Waals surface area contributed by atoms with Crippen molar-refractivity contribution in [2.75, 3.05) is 4.90 Å². The van der Waals surface area contributed by atoms with Gasteiger partial charge in [-0.3, -0.25) is 19.1 Å². The molecule has 0 spiro atoms. The Hall–Kier alpha value is -6.48. The van der Waals surface area contributed by atoms with Crippen molar-refractivity contribution in [3.8, 4) is 5.75 Å². The Morgan fingerprint density at radius 3 is 2.26 bits per heavy atom. The molecule has 0 saturated heterocycles. The minimum absolute atomic E-state index is 0.0328. The third kappa shape index (κ3) is 11.0. The molecule has 15 heteroatoms. The number of unbranched alkanes of at least 4 members (excludes halogenated alkanes) is 2. The Bertz CT molecular complexity index is 3030. The van der Waals surface area contributed by atoms with Crippen LogP contribution in [0.15, 0.2) is 156 Å². The molecule has 0 atom stereocenters. The molecule has 4 N–H and O–H groups in total. The lowest BCUT2D eigenvalue weighted by Crippen LogP contribution is -2.34. The van der Waals surface area contributed by atoms with Crippen molar-refractivity contribution in [2.24, 2.45) is 0 Å². The summed E-state index contributed by atoms with van der Waals surface area (Å²) in [6, 6.07) is 30.8. The van der Waals surface area contributed by atoms with Gasteiger partial charge in [-0.1, -0.05) is 93.6 Å². The summed E-state index contributed by atoms with van der Waals surface area (Å²) in [4.78, 5) is 32.1. The van der Waals surface area contributed by atoms with Crippen LogP contribution < -0.4 is 15.0 Å². The molecule has 3 heterocycles. The summed E-state index contributed by atoms with van der Waals surface area (Å²) in [5, 5.41) is 30.3. The van der Waals surface area contributed by atoms with Gasteiger partial charge < -0.3 is 24.6 Å². The number of hydrogen-bond donors (Lipinski definition) is 4. The summed E-state index contributed by atoms with van der Waals surface area (Å²) in [7, 11) is -5.57. The second-order valence-electron chi connectivity index (χ2n) is 18.5. The van der Waals surface area contributed by atoms with Gasteiger partial charge in [0.1, 0.15) is 5.75 Å². The minimum Gasteiger partial charge on any atom is -0.537 e. The fourth-order valence-corrected chi connectivity index (χ4v) is 9.78. The van der Waals surface area contributed by atoms with Crippen LogP contribution in [-0.4, -0.2) is 69.7 Å². The number of anilines is 1. The zero-order chi connectivity index (χ0) is 49.7. The van der Waals surface area contributed by atoms with Crippen molar-refractivity contribution in [1.29, 1.82) is 0 Å². The number of carbonyl (C=O) groups is 2. The summed E-state index contributed by atoms with van der Waals surface area (Å²) >= 11 is 0. The Balaban J connectivity index is 1.34. The van der Waals surface area contributed by atoms with E-state index in [0.29, 0.717) is 84.8 Å².